The second-order valence-electron chi connectivity index (χ2n) is 5.76. The zero-order valence-corrected chi connectivity index (χ0v) is 14.5. The quantitative estimate of drug-likeness (QED) is 0.867. The van der Waals surface area contributed by atoms with E-state index >= 15 is 0 Å². The molecule has 1 amide bonds. The van der Waals surface area contributed by atoms with Crippen LogP contribution in [0.5, 0.6) is 5.75 Å². The van der Waals surface area contributed by atoms with Gasteiger partial charge >= 0.3 is 0 Å². The maximum atomic E-state index is 12.8. The molecule has 0 unspecified atom stereocenters. The van der Waals surface area contributed by atoms with Gasteiger partial charge < -0.3 is 9.64 Å². The molecule has 2 heterocycles. The van der Waals surface area contributed by atoms with Crippen LogP contribution < -0.4 is 4.74 Å². The average Bonchev–Trinajstić information content (AvgIpc) is 3.00. The molecule has 1 atom stereocenters. The van der Waals surface area contributed by atoms with Gasteiger partial charge in [-0.05, 0) is 20.0 Å². The summed E-state index contributed by atoms with van der Waals surface area (Å²) in [6, 6.07) is 8.16. The summed E-state index contributed by atoms with van der Waals surface area (Å²) < 4.78 is 5.50. The summed E-state index contributed by atoms with van der Waals surface area (Å²) in [7, 11) is 3.78. The monoisotopic (exact) mass is 331 g/mol. The first-order valence-electron chi connectivity index (χ1n) is 7.64. The number of para-hydroxylation sites is 1. The van der Waals surface area contributed by atoms with E-state index in [4.69, 9.17) is 4.74 Å². The van der Waals surface area contributed by atoms with Crippen LogP contribution in [0.4, 0.5) is 0 Å². The van der Waals surface area contributed by atoms with Crippen molar-refractivity contribution in [3.8, 4) is 5.75 Å². The van der Waals surface area contributed by atoms with Gasteiger partial charge in [0.15, 0.2) is 0 Å². The molecule has 122 valence electrons. The summed E-state index contributed by atoms with van der Waals surface area (Å²) in [5, 5.41) is 0. The number of hydrogen-bond acceptors (Lipinski definition) is 5. The summed E-state index contributed by atoms with van der Waals surface area (Å²) in [6.07, 6.45) is 0. The van der Waals surface area contributed by atoms with Crippen molar-refractivity contribution >= 4 is 17.2 Å². The molecule has 0 N–H and O–H groups in total. The highest BCUT2D eigenvalue weighted by atomic mass is 32.1. The Bertz CT molecular complexity index is 701. The summed E-state index contributed by atoms with van der Waals surface area (Å²) in [5.74, 6) is 0.950. The Labute approximate surface area is 140 Å². The maximum absolute atomic E-state index is 12.8. The van der Waals surface area contributed by atoms with Crippen LogP contribution in [0.1, 0.15) is 27.0 Å². The Hall–Kier alpha value is -1.92. The van der Waals surface area contributed by atoms with Gasteiger partial charge in [0, 0.05) is 25.2 Å². The molecule has 1 saturated heterocycles. The van der Waals surface area contributed by atoms with Crippen LogP contribution in [0.3, 0.4) is 0 Å². The Kier molecular flexibility index (Phi) is 4.63. The Morgan fingerprint density at radius 2 is 2.13 bits per heavy atom. The zero-order chi connectivity index (χ0) is 16.4. The van der Waals surface area contributed by atoms with Gasteiger partial charge in [0.2, 0.25) is 0 Å². The molecule has 0 bridgehead atoms. The Balaban J connectivity index is 1.85. The fourth-order valence-electron chi connectivity index (χ4n) is 2.99. The van der Waals surface area contributed by atoms with E-state index in [2.05, 4.69) is 23.0 Å². The van der Waals surface area contributed by atoms with Crippen molar-refractivity contribution in [2.75, 3.05) is 33.8 Å². The van der Waals surface area contributed by atoms with Crippen molar-refractivity contribution in [3.05, 3.63) is 45.9 Å². The summed E-state index contributed by atoms with van der Waals surface area (Å²) in [6.45, 7) is 4.12. The van der Waals surface area contributed by atoms with Crippen molar-refractivity contribution in [3.63, 3.8) is 0 Å². The minimum Gasteiger partial charge on any atom is -0.496 e. The Morgan fingerprint density at radius 1 is 1.35 bits per heavy atom. The van der Waals surface area contributed by atoms with Crippen molar-refractivity contribution in [1.29, 1.82) is 0 Å². The third kappa shape index (κ3) is 3.09. The first kappa shape index (κ1) is 16.0. The van der Waals surface area contributed by atoms with Crippen LogP contribution in [-0.4, -0.2) is 54.5 Å². The molecule has 0 aliphatic carbocycles. The topological polar surface area (TPSA) is 45.7 Å². The van der Waals surface area contributed by atoms with Crippen molar-refractivity contribution < 1.29 is 9.53 Å². The third-order valence-electron chi connectivity index (χ3n) is 4.37. The third-order valence-corrected chi connectivity index (χ3v) is 5.29. The van der Waals surface area contributed by atoms with Gasteiger partial charge in [0.1, 0.15) is 10.6 Å². The lowest BCUT2D eigenvalue weighted by Crippen LogP contribution is -2.49. The number of piperazine rings is 1. The van der Waals surface area contributed by atoms with Gasteiger partial charge in [-0.15, -0.1) is 11.3 Å². The molecule has 1 aliphatic rings. The molecular weight excluding hydrogens is 310 g/mol. The molecular formula is C17H21N3O2S. The fourth-order valence-corrected chi connectivity index (χ4v) is 3.76. The number of aryl methyl sites for hydroxylation is 1. The van der Waals surface area contributed by atoms with Crippen LogP contribution >= 0.6 is 11.3 Å². The molecule has 1 aromatic carbocycles. The number of nitrogens with zero attached hydrogens (tertiary/aromatic N) is 3. The lowest BCUT2D eigenvalue weighted by Gasteiger charge is -2.40. The van der Waals surface area contributed by atoms with Gasteiger partial charge in [-0.1, -0.05) is 18.2 Å². The largest absolute Gasteiger partial charge is 0.496 e. The average molecular weight is 331 g/mol. The van der Waals surface area contributed by atoms with E-state index in [1.165, 1.54) is 11.3 Å². The number of ether oxygens (including phenoxy) is 1. The van der Waals surface area contributed by atoms with Crippen molar-refractivity contribution in [1.82, 2.24) is 14.8 Å². The predicted octanol–water partition coefficient (Wildman–Crippen LogP) is 2.59. The lowest BCUT2D eigenvalue weighted by molar-refractivity contribution is 0.0546. The Morgan fingerprint density at radius 3 is 2.83 bits per heavy atom. The van der Waals surface area contributed by atoms with Crippen molar-refractivity contribution in [2.24, 2.45) is 0 Å². The molecule has 1 fully saturated rings. The number of carbonyl (C=O) groups is 1. The smallest absolute Gasteiger partial charge is 0.265 e. The number of thiazole rings is 1. The van der Waals surface area contributed by atoms with Crippen LogP contribution in [0, 0.1) is 6.92 Å². The number of carbonyl (C=O) groups excluding carboxylic acids is 1. The summed E-state index contributed by atoms with van der Waals surface area (Å²) in [5.41, 5.74) is 3.67. The van der Waals surface area contributed by atoms with E-state index in [1.807, 2.05) is 30.0 Å². The van der Waals surface area contributed by atoms with E-state index < -0.39 is 0 Å². The molecule has 1 aromatic heterocycles. The highest BCUT2D eigenvalue weighted by molar-refractivity contribution is 7.11. The minimum absolute atomic E-state index is 0.0815. The second kappa shape index (κ2) is 6.68. The fraction of sp³-hybridized carbons (Fsp3) is 0.412. The van der Waals surface area contributed by atoms with Crippen LogP contribution in [0.2, 0.25) is 0 Å². The second-order valence-corrected chi connectivity index (χ2v) is 6.61. The van der Waals surface area contributed by atoms with E-state index in [0.29, 0.717) is 6.54 Å². The number of methoxy groups -OCH3 is 1. The van der Waals surface area contributed by atoms with E-state index in [-0.39, 0.29) is 11.9 Å². The molecule has 0 spiro atoms. The number of hydrogen-bond donors (Lipinski definition) is 0. The summed E-state index contributed by atoms with van der Waals surface area (Å²) in [4.78, 5) is 21.9. The number of likely N-dealkylation sites (N-methyl/N-ethyl adjacent to an activating group) is 1. The molecule has 5 nitrogen and oxygen atoms in total. The lowest BCUT2D eigenvalue weighted by atomic mass is 10.0. The molecule has 3 rings (SSSR count). The van der Waals surface area contributed by atoms with Gasteiger partial charge in [-0.25, -0.2) is 4.98 Å². The molecule has 6 heteroatoms. The number of aromatic nitrogens is 1. The zero-order valence-electron chi connectivity index (χ0n) is 13.7. The normalized spacial score (nSPS) is 18.9. The highest BCUT2D eigenvalue weighted by Gasteiger charge is 2.31. The highest BCUT2D eigenvalue weighted by Crippen LogP contribution is 2.32. The van der Waals surface area contributed by atoms with E-state index in [1.54, 1.807) is 12.6 Å². The van der Waals surface area contributed by atoms with E-state index in [9.17, 15) is 4.79 Å². The van der Waals surface area contributed by atoms with Gasteiger partial charge in [-0.3, -0.25) is 9.69 Å². The predicted molar refractivity (Wildman–Crippen MR) is 91.1 cm³/mol. The SMILES string of the molecule is COc1ccccc1[C@H]1CN(C(=O)c2scnc2C)CCN1C. The molecule has 0 radical (unpaired) electrons. The van der Waals surface area contributed by atoms with E-state index in [0.717, 1.165) is 35.0 Å². The van der Waals surface area contributed by atoms with Crippen molar-refractivity contribution in [2.45, 2.75) is 13.0 Å². The molecule has 23 heavy (non-hydrogen) atoms. The first-order valence-corrected chi connectivity index (χ1v) is 8.52. The minimum atomic E-state index is 0.0815. The first-order chi connectivity index (χ1) is 11.1. The number of rotatable bonds is 3. The molecule has 1 aliphatic heterocycles. The number of amides is 1. The standard InChI is InChI=1S/C17H21N3O2S/c1-12-16(23-11-18-12)17(21)20-9-8-19(2)14(10-20)13-6-4-5-7-15(13)22-3/h4-7,11,14H,8-10H2,1-3H3/t14-/m1/s1. The summed E-state index contributed by atoms with van der Waals surface area (Å²) >= 11 is 1.42. The van der Waals surface area contributed by atoms with Crippen LogP contribution in [0.15, 0.2) is 29.8 Å². The van der Waals surface area contributed by atoms with Gasteiger partial charge in [0.25, 0.3) is 5.91 Å². The molecule has 2 aromatic rings. The van der Waals surface area contributed by atoms with Crippen LogP contribution in [0.25, 0.3) is 0 Å². The number of benzene rings is 1. The van der Waals surface area contributed by atoms with Gasteiger partial charge in [0.05, 0.1) is 24.4 Å². The van der Waals surface area contributed by atoms with Crippen LogP contribution in [-0.2, 0) is 0 Å². The van der Waals surface area contributed by atoms with Gasteiger partial charge in [-0.2, -0.15) is 0 Å². The molecule has 0 saturated carbocycles. The maximum Gasteiger partial charge on any atom is 0.265 e.